The molecule has 0 spiro atoms. The van der Waals surface area contributed by atoms with Gasteiger partial charge < -0.3 is 18.9 Å². The minimum absolute atomic E-state index is 0.0330. The van der Waals surface area contributed by atoms with Gasteiger partial charge in [-0.1, -0.05) is 0 Å². The van der Waals surface area contributed by atoms with Crippen LogP contribution in [0, 0.1) is 5.92 Å². The summed E-state index contributed by atoms with van der Waals surface area (Å²) in [6.45, 7) is -0.285. The molecule has 1 rings (SSSR count). The summed E-state index contributed by atoms with van der Waals surface area (Å²) >= 11 is 0. The van der Waals surface area contributed by atoms with Crippen LogP contribution in [0.2, 0.25) is 0 Å². The van der Waals surface area contributed by atoms with E-state index in [1.165, 1.54) is 0 Å². The molecule has 1 atom stereocenters. The first-order valence-corrected chi connectivity index (χ1v) is 8.99. The van der Waals surface area contributed by atoms with E-state index in [4.69, 9.17) is 18.9 Å². The molecular formula is C17H20F6O8. The first-order valence-electron chi connectivity index (χ1n) is 8.99. The van der Waals surface area contributed by atoms with Crippen molar-refractivity contribution in [3.05, 3.63) is 0 Å². The van der Waals surface area contributed by atoms with Gasteiger partial charge in [-0.15, -0.1) is 0 Å². The van der Waals surface area contributed by atoms with Gasteiger partial charge in [-0.25, -0.2) is 0 Å². The summed E-state index contributed by atoms with van der Waals surface area (Å²) in [6, 6.07) is 0. The topological polar surface area (TPSA) is 108 Å². The standard InChI is InChI=1S/C17H20F6O8/c18-16(19,20)14(26)12(15(27)17(21,22)23)6-10(24)7-29-4-5-30-13(25)2-1-3-28-8-11-9-31-11/h11-12H,1-9H2. The largest absolute Gasteiger partial charge is 0.463 e. The number of halogens is 6. The number of hydrogen-bond acceptors (Lipinski definition) is 8. The Balaban J connectivity index is 2.27. The van der Waals surface area contributed by atoms with Gasteiger partial charge in [0.25, 0.3) is 0 Å². The lowest BCUT2D eigenvalue weighted by Crippen LogP contribution is -2.42. The third-order valence-electron chi connectivity index (χ3n) is 3.75. The van der Waals surface area contributed by atoms with Crippen LogP contribution in [0.5, 0.6) is 0 Å². The van der Waals surface area contributed by atoms with Crippen LogP contribution in [0.25, 0.3) is 0 Å². The monoisotopic (exact) mass is 466 g/mol. The van der Waals surface area contributed by atoms with Gasteiger partial charge in [-0.05, 0) is 6.42 Å². The summed E-state index contributed by atoms with van der Waals surface area (Å²) in [4.78, 5) is 45.2. The van der Waals surface area contributed by atoms with E-state index >= 15 is 0 Å². The van der Waals surface area contributed by atoms with Gasteiger partial charge in [0.15, 0.2) is 5.78 Å². The Morgan fingerprint density at radius 3 is 2.00 bits per heavy atom. The molecule has 0 N–H and O–H groups in total. The number of epoxide rings is 1. The molecule has 0 radical (unpaired) electrons. The normalized spacial score (nSPS) is 16.3. The van der Waals surface area contributed by atoms with Crippen LogP contribution < -0.4 is 0 Å². The zero-order valence-corrected chi connectivity index (χ0v) is 16.1. The van der Waals surface area contributed by atoms with E-state index in [2.05, 4.69) is 0 Å². The first-order chi connectivity index (χ1) is 14.3. The van der Waals surface area contributed by atoms with Crippen molar-refractivity contribution >= 4 is 23.3 Å². The molecule has 1 heterocycles. The number of hydrogen-bond donors (Lipinski definition) is 0. The van der Waals surface area contributed by atoms with Crippen LogP contribution in [0.1, 0.15) is 19.3 Å². The van der Waals surface area contributed by atoms with Crippen molar-refractivity contribution < 1.29 is 64.5 Å². The lowest BCUT2D eigenvalue weighted by Gasteiger charge is -2.17. The first kappa shape index (κ1) is 27.0. The SMILES string of the molecule is O=C(COCCOC(=O)CCCOCC1CO1)CC(C(=O)C(F)(F)F)C(=O)C(F)(F)F. The molecule has 0 aromatic carbocycles. The van der Waals surface area contributed by atoms with Crippen molar-refractivity contribution in [2.24, 2.45) is 5.92 Å². The molecule has 0 amide bonds. The molecule has 1 aliphatic heterocycles. The average Bonchev–Trinajstić information content (AvgIpc) is 3.47. The maximum absolute atomic E-state index is 12.4. The highest BCUT2D eigenvalue weighted by atomic mass is 19.4. The van der Waals surface area contributed by atoms with Crippen molar-refractivity contribution in [1.82, 2.24) is 0 Å². The highest BCUT2D eigenvalue weighted by Gasteiger charge is 2.53. The Morgan fingerprint density at radius 2 is 1.48 bits per heavy atom. The van der Waals surface area contributed by atoms with Crippen LogP contribution >= 0.6 is 0 Å². The van der Waals surface area contributed by atoms with Gasteiger partial charge in [0.2, 0.25) is 11.6 Å². The number of ketones is 3. The van der Waals surface area contributed by atoms with Crippen molar-refractivity contribution in [3.63, 3.8) is 0 Å². The Kier molecular flexibility index (Phi) is 10.5. The number of alkyl halides is 6. The number of Topliss-reactive ketones (excluding diaryl/α,β-unsaturated/α-hetero) is 3. The van der Waals surface area contributed by atoms with E-state index in [1.54, 1.807) is 0 Å². The van der Waals surface area contributed by atoms with Crippen molar-refractivity contribution in [2.75, 3.05) is 39.6 Å². The second-order valence-corrected chi connectivity index (χ2v) is 6.43. The molecule has 8 nitrogen and oxygen atoms in total. The van der Waals surface area contributed by atoms with Crippen LogP contribution in [0.15, 0.2) is 0 Å². The fourth-order valence-corrected chi connectivity index (χ4v) is 2.16. The number of carbonyl (C=O) groups excluding carboxylic acids is 4. The number of rotatable bonds is 15. The average molecular weight is 466 g/mol. The second kappa shape index (κ2) is 12.1. The van der Waals surface area contributed by atoms with E-state index in [-0.39, 0.29) is 25.7 Å². The molecule has 0 aliphatic carbocycles. The van der Waals surface area contributed by atoms with Crippen LogP contribution in [0.4, 0.5) is 26.3 Å². The molecule has 1 fully saturated rings. The molecule has 1 aliphatic rings. The smallest absolute Gasteiger partial charge is 0.450 e. The van der Waals surface area contributed by atoms with Gasteiger partial charge in [0.1, 0.15) is 25.2 Å². The van der Waals surface area contributed by atoms with Gasteiger partial charge in [-0.2, -0.15) is 26.3 Å². The van der Waals surface area contributed by atoms with Crippen molar-refractivity contribution in [2.45, 2.75) is 37.7 Å². The fourth-order valence-electron chi connectivity index (χ4n) is 2.16. The van der Waals surface area contributed by atoms with Crippen LogP contribution in [-0.4, -0.2) is 81.4 Å². The minimum atomic E-state index is -5.72. The summed E-state index contributed by atoms with van der Waals surface area (Å²) in [5.74, 6) is -11.1. The predicted molar refractivity (Wildman–Crippen MR) is 86.8 cm³/mol. The number of carbonyl (C=O) groups is 4. The molecule has 14 heteroatoms. The van der Waals surface area contributed by atoms with E-state index in [1.807, 2.05) is 0 Å². The van der Waals surface area contributed by atoms with E-state index < -0.39 is 54.6 Å². The van der Waals surface area contributed by atoms with Gasteiger partial charge in [0.05, 0.1) is 19.8 Å². The molecule has 178 valence electrons. The molecule has 0 aromatic rings. The van der Waals surface area contributed by atoms with Gasteiger partial charge in [0, 0.05) is 19.4 Å². The van der Waals surface area contributed by atoms with Crippen LogP contribution in [0.3, 0.4) is 0 Å². The fraction of sp³-hybridized carbons (Fsp3) is 0.765. The molecule has 0 aromatic heterocycles. The molecule has 1 unspecified atom stereocenters. The molecule has 0 bridgehead atoms. The predicted octanol–water partition coefficient (Wildman–Crippen LogP) is 1.58. The number of esters is 1. The quantitative estimate of drug-likeness (QED) is 0.118. The third-order valence-corrected chi connectivity index (χ3v) is 3.75. The molecular weight excluding hydrogens is 446 g/mol. The summed E-state index contributed by atoms with van der Waals surface area (Å²) in [5, 5.41) is 0. The van der Waals surface area contributed by atoms with Crippen molar-refractivity contribution in [3.8, 4) is 0 Å². The highest BCUT2D eigenvalue weighted by molar-refractivity contribution is 6.09. The minimum Gasteiger partial charge on any atom is -0.463 e. The maximum atomic E-state index is 12.4. The summed E-state index contributed by atoms with van der Waals surface area (Å²) in [5.41, 5.74) is 0. The maximum Gasteiger partial charge on any atom is 0.450 e. The lowest BCUT2D eigenvalue weighted by molar-refractivity contribution is -0.190. The summed E-state index contributed by atoms with van der Waals surface area (Å²) < 4.78 is 94.1. The van der Waals surface area contributed by atoms with E-state index in [0.29, 0.717) is 26.2 Å². The highest BCUT2D eigenvalue weighted by Crippen LogP contribution is 2.29. The zero-order valence-electron chi connectivity index (χ0n) is 16.1. The molecule has 1 saturated heterocycles. The Labute approximate surface area is 172 Å². The third kappa shape index (κ3) is 11.2. The Bertz CT molecular complexity index is 616. The van der Waals surface area contributed by atoms with Crippen molar-refractivity contribution in [1.29, 1.82) is 0 Å². The van der Waals surface area contributed by atoms with E-state index in [0.717, 1.165) is 0 Å². The Hall–Kier alpha value is -2.06. The summed E-state index contributed by atoms with van der Waals surface area (Å²) in [6.07, 6.45) is -12.6. The van der Waals surface area contributed by atoms with Crippen LogP contribution in [-0.2, 0) is 38.1 Å². The van der Waals surface area contributed by atoms with E-state index in [9.17, 15) is 45.5 Å². The molecule has 31 heavy (non-hydrogen) atoms. The lowest BCUT2D eigenvalue weighted by atomic mass is 9.92. The summed E-state index contributed by atoms with van der Waals surface area (Å²) in [7, 11) is 0. The zero-order chi connectivity index (χ0) is 23.7. The second-order valence-electron chi connectivity index (χ2n) is 6.43. The van der Waals surface area contributed by atoms with Gasteiger partial charge in [-0.3, -0.25) is 19.2 Å². The van der Waals surface area contributed by atoms with Gasteiger partial charge >= 0.3 is 18.3 Å². The Morgan fingerprint density at radius 1 is 0.903 bits per heavy atom. The molecule has 0 saturated carbocycles. The number of ether oxygens (including phenoxy) is 4.